The number of ether oxygens (including phenoxy) is 2. The predicted octanol–water partition coefficient (Wildman–Crippen LogP) is 13.8. The topological polar surface area (TPSA) is 85.1 Å². The summed E-state index contributed by atoms with van der Waals surface area (Å²) in [6, 6.07) is 0. The van der Waals surface area contributed by atoms with Gasteiger partial charge in [-0.1, -0.05) is 168 Å². The third kappa shape index (κ3) is 40.4. The number of hydrazine groups is 1. The lowest BCUT2D eigenvalue weighted by Crippen LogP contribution is -2.32. The molecule has 0 radical (unpaired) electrons. The third-order valence-electron chi connectivity index (χ3n) is 11.0. The van der Waals surface area contributed by atoms with E-state index < -0.39 is 0 Å². The highest BCUT2D eigenvalue weighted by Gasteiger charge is 2.14. The van der Waals surface area contributed by atoms with Crippen LogP contribution in [0.2, 0.25) is 0 Å². The number of carbonyl (C=O) groups excluding carboxylic acids is 2. The van der Waals surface area contributed by atoms with Crippen LogP contribution in [0, 0.1) is 0 Å². The van der Waals surface area contributed by atoms with Gasteiger partial charge in [-0.25, -0.2) is 5.84 Å². The Kier molecular flexibility index (Phi) is 42.3. The van der Waals surface area contributed by atoms with E-state index in [1.807, 2.05) is 19.2 Å². The molecular weight excluding hydrogens is 683 g/mol. The van der Waals surface area contributed by atoms with Crippen molar-refractivity contribution in [1.82, 2.24) is 9.91 Å². The largest absolute Gasteiger partial charge is 0.466 e. The van der Waals surface area contributed by atoms with Gasteiger partial charge in [-0.05, 0) is 90.8 Å². The SMILES string of the molecule is C/C=C\N(N)CCCN(CCCCCCCC(=O)OCCCCCCCCC)CCCCCCCC(=O)OC(CCCCCCCC)CCCCCCCC. The highest BCUT2D eigenvalue weighted by Crippen LogP contribution is 2.19. The summed E-state index contributed by atoms with van der Waals surface area (Å²) in [7, 11) is 0. The summed E-state index contributed by atoms with van der Waals surface area (Å²) >= 11 is 0. The molecule has 55 heavy (non-hydrogen) atoms. The van der Waals surface area contributed by atoms with E-state index in [-0.39, 0.29) is 18.0 Å². The maximum absolute atomic E-state index is 12.8. The Bertz CT molecular complexity index is 822. The number of rotatable bonds is 44. The molecule has 0 rings (SSSR count). The normalized spacial score (nSPS) is 11.7. The molecule has 0 aromatic heterocycles. The van der Waals surface area contributed by atoms with E-state index in [1.165, 1.54) is 154 Å². The van der Waals surface area contributed by atoms with Crippen molar-refractivity contribution in [2.24, 2.45) is 5.84 Å². The minimum absolute atomic E-state index is 0.0183. The van der Waals surface area contributed by atoms with Gasteiger partial charge in [0.05, 0.1) is 6.61 Å². The van der Waals surface area contributed by atoms with Crippen molar-refractivity contribution in [1.29, 1.82) is 0 Å². The fourth-order valence-corrected chi connectivity index (χ4v) is 7.48. The van der Waals surface area contributed by atoms with E-state index in [4.69, 9.17) is 15.3 Å². The molecule has 0 unspecified atom stereocenters. The van der Waals surface area contributed by atoms with Crippen molar-refractivity contribution < 1.29 is 19.1 Å². The summed E-state index contributed by atoms with van der Waals surface area (Å²) in [4.78, 5) is 27.5. The Morgan fingerprint density at radius 3 is 1.38 bits per heavy atom. The summed E-state index contributed by atoms with van der Waals surface area (Å²) in [5, 5.41) is 1.79. The van der Waals surface area contributed by atoms with Gasteiger partial charge in [0.1, 0.15) is 6.10 Å². The summed E-state index contributed by atoms with van der Waals surface area (Å²) in [5.74, 6) is 6.09. The van der Waals surface area contributed by atoms with E-state index in [0.29, 0.717) is 19.4 Å². The highest BCUT2D eigenvalue weighted by molar-refractivity contribution is 5.69. The van der Waals surface area contributed by atoms with Crippen LogP contribution in [0.15, 0.2) is 12.3 Å². The number of nitrogens with two attached hydrogens (primary N) is 1. The van der Waals surface area contributed by atoms with Crippen LogP contribution in [0.4, 0.5) is 0 Å². The molecular formula is C48H95N3O4. The average molecular weight is 778 g/mol. The molecule has 0 saturated carbocycles. The maximum Gasteiger partial charge on any atom is 0.306 e. The van der Waals surface area contributed by atoms with Gasteiger partial charge in [0.15, 0.2) is 0 Å². The molecule has 0 aromatic rings. The molecule has 2 N–H and O–H groups in total. The Hall–Kier alpha value is -1.60. The zero-order valence-electron chi connectivity index (χ0n) is 37.4. The van der Waals surface area contributed by atoms with Crippen molar-refractivity contribution >= 4 is 11.9 Å². The van der Waals surface area contributed by atoms with E-state index in [9.17, 15) is 9.59 Å². The monoisotopic (exact) mass is 778 g/mol. The molecule has 0 atom stereocenters. The first-order valence-corrected chi connectivity index (χ1v) is 24.2. The van der Waals surface area contributed by atoms with Gasteiger partial charge in [0.25, 0.3) is 0 Å². The quantitative estimate of drug-likeness (QED) is 0.0285. The second-order valence-electron chi connectivity index (χ2n) is 16.5. The van der Waals surface area contributed by atoms with Gasteiger partial charge < -0.3 is 19.4 Å². The van der Waals surface area contributed by atoms with Gasteiger partial charge in [0, 0.05) is 25.6 Å². The van der Waals surface area contributed by atoms with Crippen LogP contribution in [0.3, 0.4) is 0 Å². The van der Waals surface area contributed by atoms with Crippen LogP contribution < -0.4 is 5.84 Å². The van der Waals surface area contributed by atoms with Gasteiger partial charge in [-0.15, -0.1) is 0 Å². The summed E-state index contributed by atoms with van der Waals surface area (Å²) in [6.45, 7) is 13.6. The lowest BCUT2D eigenvalue weighted by atomic mass is 10.0. The second kappa shape index (κ2) is 43.5. The maximum atomic E-state index is 12.8. The standard InChI is InChI=1S/C48H95N3O4/c1-5-9-12-15-18-27-34-45-54-47(52)38-30-23-19-25-32-41-50(43-35-44-51(49)40-8-4)42-33-26-20-24-31-39-48(53)55-46(36-28-21-16-13-10-6-2)37-29-22-17-14-11-7-3/h8,40,46H,5-7,9-39,41-45,49H2,1-4H3/b40-8-. The Morgan fingerprint density at radius 1 is 0.491 bits per heavy atom. The van der Waals surface area contributed by atoms with Crippen molar-refractivity contribution in [2.75, 3.05) is 32.8 Å². The van der Waals surface area contributed by atoms with Crippen LogP contribution in [-0.4, -0.2) is 60.7 Å². The number of carbonyl (C=O) groups is 2. The molecule has 7 heteroatoms. The molecule has 326 valence electrons. The fraction of sp³-hybridized carbons (Fsp3) is 0.917. The lowest BCUT2D eigenvalue weighted by molar-refractivity contribution is -0.150. The van der Waals surface area contributed by atoms with Crippen molar-refractivity contribution in [3.05, 3.63) is 12.3 Å². The van der Waals surface area contributed by atoms with Crippen LogP contribution in [0.5, 0.6) is 0 Å². The first-order valence-electron chi connectivity index (χ1n) is 24.2. The average Bonchev–Trinajstić information content (AvgIpc) is 3.17. The van der Waals surface area contributed by atoms with E-state index in [1.54, 1.807) is 5.01 Å². The van der Waals surface area contributed by atoms with Gasteiger partial charge in [0.2, 0.25) is 0 Å². The molecule has 0 bridgehead atoms. The Labute approximate surface area is 343 Å². The molecule has 7 nitrogen and oxygen atoms in total. The van der Waals surface area contributed by atoms with E-state index >= 15 is 0 Å². The number of allylic oxidation sites excluding steroid dienone is 1. The first-order chi connectivity index (χ1) is 27.0. The molecule has 0 fully saturated rings. The van der Waals surface area contributed by atoms with Crippen LogP contribution >= 0.6 is 0 Å². The number of hydrogen-bond acceptors (Lipinski definition) is 7. The van der Waals surface area contributed by atoms with Gasteiger partial charge in [-0.3, -0.25) is 9.59 Å². The molecule has 0 amide bonds. The smallest absolute Gasteiger partial charge is 0.306 e. The van der Waals surface area contributed by atoms with Crippen molar-refractivity contribution in [3.63, 3.8) is 0 Å². The van der Waals surface area contributed by atoms with E-state index in [0.717, 1.165) is 77.5 Å². The lowest BCUT2D eigenvalue weighted by Gasteiger charge is -2.23. The molecule has 0 aromatic carbocycles. The first kappa shape index (κ1) is 53.4. The summed E-state index contributed by atoms with van der Waals surface area (Å²) in [6.07, 6.45) is 43.7. The predicted molar refractivity (Wildman–Crippen MR) is 237 cm³/mol. The molecule has 0 aliphatic carbocycles. The second-order valence-corrected chi connectivity index (χ2v) is 16.5. The number of hydrogen-bond donors (Lipinski definition) is 1. The third-order valence-corrected chi connectivity index (χ3v) is 11.0. The molecule has 0 aliphatic heterocycles. The number of esters is 2. The summed E-state index contributed by atoms with van der Waals surface area (Å²) in [5.41, 5.74) is 0. The number of unbranched alkanes of at least 4 members (excludes halogenated alkanes) is 24. The van der Waals surface area contributed by atoms with Crippen molar-refractivity contribution in [2.45, 2.75) is 252 Å². The van der Waals surface area contributed by atoms with Gasteiger partial charge in [-0.2, -0.15) is 0 Å². The molecule has 0 spiro atoms. The number of nitrogens with zero attached hydrogens (tertiary/aromatic N) is 2. The zero-order valence-corrected chi connectivity index (χ0v) is 37.4. The van der Waals surface area contributed by atoms with Crippen LogP contribution in [0.1, 0.15) is 246 Å². The Morgan fingerprint density at radius 2 is 0.891 bits per heavy atom. The summed E-state index contributed by atoms with van der Waals surface area (Å²) < 4.78 is 11.5. The Balaban J connectivity index is 4.30. The minimum atomic E-state index is -0.0183. The molecule has 0 heterocycles. The molecule has 0 aliphatic rings. The molecule has 0 saturated heterocycles. The van der Waals surface area contributed by atoms with Crippen LogP contribution in [0.25, 0.3) is 0 Å². The zero-order chi connectivity index (χ0) is 40.3. The minimum Gasteiger partial charge on any atom is -0.466 e. The fourth-order valence-electron chi connectivity index (χ4n) is 7.48. The van der Waals surface area contributed by atoms with E-state index in [2.05, 4.69) is 25.7 Å². The van der Waals surface area contributed by atoms with Gasteiger partial charge >= 0.3 is 11.9 Å². The van der Waals surface area contributed by atoms with Crippen molar-refractivity contribution in [3.8, 4) is 0 Å². The van der Waals surface area contributed by atoms with Crippen LogP contribution in [-0.2, 0) is 19.1 Å². The highest BCUT2D eigenvalue weighted by atomic mass is 16.5.